The van der Waals surface area contributed by atoms with Crippen LogP contribution in [0.4, 0.5) is 4.39 Å². The lowest BCUT2D eigenvalue weighted by Crippen LogP contribution is -2.45. The molecule has 7 heteroatoms. The second kappa shape index (κ2) is 7.29. The first-order valence-electron chi connectivity index (χ1n) is 9.24. The van der Waals surface area contributed by atoms with Gasteiger partial charge in [0.25, 0.3) is 0 Å². The molecule has 2 aliphatic heterocycles. The summed E-state index contributed by atoms with van der Waals surface area (Å²) in [7, 11) is 0. The summed E-state index contributed by atoms with van der Waals surface area (Å²) in [4.78, 5) is 39.1. The van der Waals surface area contributed by atoms with Gasteiger partial charge >= 0.3 is 5.97 Å². The number of nitrogens with zero attached hydrogens (tertiary/aromatic N) is 2. The molecule has 1 N–H and O–H groups in total. The Hall–Kier alpha value is -2.44. The van der Waals surface area contributed by atoms with Crippen LogP contribution < -0.4 is 0 Å². The molecule has 0 aromatic heterocycles. The molecule has 0 aliphatic carbocycles. The average Bonchev–Trinajstić information content (AvgIpc) is 2.99. The van der Waals surface area contributed by atoms with E-state index >= 15 is 0 Å². The molecule has 27 heavy (non-hydrogen) atoms. The van der Waals surface area contributed by atoms with Crippen LogP contribution in [0.3, 0.4) is 0 Å². The van der Waals surface area contributed by atoms with Crippen LogP contribution in [0.15, 0.2) is 18.2 Å². The molecular weight excluding hydrogens is 351 g/mol. The highest BCUT2D eigenvalue weighted by molar-refractivity contribution is 5.83. The van der Waals surface area contributed by atoms with Crippen molar-refractivity contribution in [3.63, 3.8) is 0 Å². The number of carbonyl (C=O) groups excluding carboxylic acids is 2. The minimum absolute atomic E-state index is 0.00735. The summed E-state index contributed by atoms with van der Waals surface area (Å²) in [6.07, 6.45) is 2.05. The lowest BCUT2D eigenvalue weighted by atomic mass is 9.76. The number of rotatable bonds is 3. The van der Waals surface area contributed by atoms with Crippen molar-refractivity contribution in [2.24, 2.45) is 5.41 Å². The largest absolute Gasteiger partial charge is 0.480 e. The van der Waals surface area contributed by atoms with Gasteiger partial charge in [-0.3, -0.25) is 9.59 Å². The molecule has 1 aromatic carbocycles. The van der Waals surface area contributed by atoms with Gasteiger partial charge in [-0.05, 0) is 48.8 Å². The van der Waals surface area contributed by atoms with Gasteiger partial charge < -0.3 is 14.9 Å². The zero-order valence-corrected chi connectivity index (χ0v) is 15.7. The number of carboxylic acid groups (broad SMARTS) is 1. The van der Waals surface area contributed by atoms with Crippen molar-refractivity contribution >= 4 is 17.8 Å². The highest BCUT2D eigenvalue weighted by atomic mass is 19.1. The summed E-state index contributed by atoms with van der Waals surface area (Å²) in [5.41, 5.74) is 1.08. The molecule has 3 rings (SSSR count). The number of likely N-dealkylation sites (tertiary alicyclic amines) is 2. The normalized spacial score (nSPS) is 21.5. The Balaban J connectivity index is 1.61. The number of piperidine rings is 1. The molecule has 0 bridgehead atoms. The van der Waals surface area contributed by atoms with Crippen LogP contribution in [0.5, 0.6) is 0 Å². The topological polar surface area (TPSA) is 77.9 Å². The standard InChI is InChI=1S/C20H25FN2O4/c1-13-9-15(3-4-16(13)21)10-18(25)22-7-5-20(6-8-22)11-17(19(26)27)23(12-20)14(2)24/h3-4,9,17H,5-8,10-12H2,1-2H3,(H,26,27)/t17-/m1/s1. The Morgan fingerprint density at radius 1 is 1.26 bits per heavy atom. The Morgan fingerprint density at radius 3 is 2.44 bits per heavy atom. The van der Waals surface area contributed by atoms with Crippen LogP contribution >= 0.6 is 0 Å². The zero-order valence-electron chi connectivity index (χ0n) is 15.7. The number of benzene rings is 1. The SMILES string of the molecule is CC(=O)N1CC2(CCN(C(=O)Cc3ccc(F)c(C)c3)CC2)C[C@@H]1C(=O)O. The molecule has 2 aliphatic rings. The van der Waals surface area contributed by atoms with Crippen LogP contribution in [0.25, 0.3) is 0 Å². The van der Waals surface area contributed by atoms with Gasteiger partial charge in [0.05, 0.1) is 6.42 Å². The molecule has 2 fully saturated rings. The van der Waals surface area contributed by atoms with E-state index in [1.165, 1.54) is 17.9 Å². The van der Waals surface area contributed by atoms with Crippen molar-refractivity contribution in [3.8, 4) is 0 Å². The zero-order chi connectivity index (χ0) is 19.8. The van der Waals surface area contributed by atoms with E-state index in [-0.39, 0.29) is 29.5 Å². The summed E-state index contributed by atoms with van der Waals surface area (Å²) >= 11 is 0. The third kappa shape index (κ3) is 3.96. The molecule has 2 saturated heterocycles. The molecule has 1 aromatic rings. The summed E-state index contributed by atoms with van der Waals surface area (Å²) in [6, 6.07) is 3.93. The van der Waals surface area contributed by atoms with Gasteiger partial charge in [-0.25, -0.2) is 9.18 Å². The Kier molecular flexibility index (Phi) is 5.22. The molecule has 6 nitrogen and oxygen atoms in total. The van der Waals surface area contributed by atoms with E-state index in [9.17, 15) is 23.9 Å². The summed E-state index contributed by atoms with van der Waals surface area (Å²) in [5.74, 6) is -1.47. The van der Waals surface area contributed by atoms with E-state index in [1.807, 2.05) is 0 Å². The van der Waals surface area contributed by atoms with E-state index in [0.29, 0.717) is 44.5 Å². The fourth-order valence-corrected chi connectivity index (χ4v) is 4.30. The smallest absolute Gasteiger partial charge is 0.326 e. The minimum Gasteiger partial charge on any atom is -0.480 e. The van der Waals surface area contributed by atoms with Crippen LogP contribution in [-0.2, 0) is 20.8 Å². The van der Waals surface area contributed by atoms with Crippen LogP contribution in [-0.4, -0.2) is 58.4 Å². The number of hydrogen-bond acceptors (Lipinski definition) is 3. The fraction of sp³-hybridized carbons (Fsp3) is 0.550. The summed E-state index contributed by atoms with van der Waals surface area (Å²) in [6.45, 7) is 4.62. The van der Waals surface area contributed by atoms with Gasteiger partial charge in [0.1, 0.15) is 11.9 Å². The number of halogens is 1. The number of aryl methyl sites for hydroxylation is 1. The molecule has 0 saturated carbocycles. The molecule has 0 unspecified atom stereocenters. The quantitative estimate of drug-likeness (QED) is 0.875. The molecule has 2 amide bonds. The molecular formula is C20H25FN2O4. The number of carbonyl (C=O) groups is 3. The van der Waals surface area contributed by atoms with Crippen LogP contribution in [0.2, 0.25) is 0 Å². The predicted octanol–water partition coefficient (Wildman–Crippen LogP) is 1.99. The van der Waals surface area contributed by atoms with Gasteiger partial charge in [-0.15, -0.1) is 0 Å². The van der Waals surface area contributed by atoms with Crippen molar-refractivity contribution in [1.29, 1.82) is 0 Å². The second-order valence-corrected chi connectivity index (χ2v) is 7.85. The Morgan fingerprint density at radius 2 is 1.93 bits per heavy atom. The third-order valence-corrected chi connectivity index (χ3v) is 5.95. The third-order valence-electron chi connectivity index (χ3n) is 5.95. The average molecular weight is 376 g/mol. The first-order chi connectivity index (χ1) is 12.7. The van der Waals surface area contributed by atoms with E-state index in [0.717, 1.165) is 5.56 Å². The van der Waals surface area contributed by atoms with Crippen molar-refractivity contribution in [2.75, 3.05) is 19.6 Å². The Bertz CT molecular complexity index is 747. The van der Waals surface area contributed by atoms with Gasteiger partial charge in [0.15, 0.2) is 0 Å². The molecule has 1 atom stereocenters. The molecule has 0 radical (unpaired) electrons. The highest BCUT2D eigenvalue weighted by Gasteiger charge is 2.49. The number of hydrogen-bond donors (Lipinski definition) is 1. The number of amides is 2. The monoisotopic (exact) mass is 376 g/mol. The fourth-order valence-electron chi connectivity index (χ4n) is 4.30. The molecule has 2 heterocycles. The van der Waals surface area contributed by atoms with Gasteiger partial charge in [-0.1, -0.05) is 12.1 Å². The summed E-state index contributed by atoms with van der Waals surface area (Å²) < 4.78 is 13.4. The Labute approximate surface area is 157 Å². The van der Waals surface area contributed by atoms with Gasteiger partial charge in [0.2, 0.25) is 11.8 Å². The second-order valence-electron chi connectivity index (χ2n) is 7.85. The van der Waals surface area contributed by atoms with Crippen molar-refractivity contribution in [2.45, 2.75) is 45.6 Å². The predicted molar refractivity (Wildman–Crippen MR) is 96.5 cm³/mol. The molecule has 146 valence electrons. The lowest BCUT2D eigenvalue weighted by Gasteiger charge is -2.39. The minimum atomic E-state index is -0.965. The first kappa shape index (κ1) is 19.3. The van der Waals surface area contributed by atoms with E-state index in [4.69, 9.17) is 0 Å². The van der Waals surface area contributed by atoms with E-state index < -0.39 is 12.0 Å². The van der Waals surface area contributed by atoms with E-state index in [1.54, 1.807) is 24.0 Å². The van der Waals surface area contributed by atoms with Gasteiger partial charge in [0, 0.05) is 26.6 Å². The van der Waals surface area contributed by atoms with Crippen molar-refractivity contribution < 1.29 is 23.9 Å². The van der Waals surface area contributed by atoms with Gasteiger partial charge in [-0.2, -0.15) is 0 Å². The van der Waals surface area contributed by atoms with Crippen molar-refractivity contribution in [1.82, 2.24) is 9.80 Å². The maximum Gasteiger partial charge on any atom is 0.326 e. The van der Waals surface area contributed by atoms with E-state index in [2.05, 4.69) is 0 Å². The number of aliphatic carboxylic acids is 1. The summed E-state index contributed by atoms with van der Waals surface area (Å²) in [5, 5.41) is 9.41. The van der Waals surface area contributed by atoms with Crippen molar-refractivity contribution in [3.05, 3.63) is 35.1 Å². The van der Waals surface area contributed by atoms with Crippen LogP contribution in [0.1, 0.15) is 37.3 Å². The molecule has 1 spiro atoms. The first-order valence-corrected chi connectivity index (χ1v) is 9.24. The maximum absolute atomic E-state index is 13.4. The lowest BCUT2D eigenvalue weighted by molar-refractivity contribution is -0.147. The van der Waals surface area contributed by atoms with Crippen LogP contribution in [0, 0.1) is 18.2 Å². The maximum atomic E-state index is 13.4. The highest BCUT2D eigenvalue weighted by Crippen LogP contribution is 2.43. The number of carboxylic acids is 1.